The fourth-order valence-corrected chi connectivity index (χ4v) is 5.23. The number of halogens is 6. The van der Waals surface area contributed by atoms with E-state index in [1.165, 1.54) is 4.90 Å². The van der Waals surface area contributed by atoms with Crippen molar-refractivity contribution in [2.24, 2.45) is 0 Å². The van der Waals surface area contributed by atoms with Crippen LogP contribution in [0.4, 0.5) is 37.7 Å². The maximum Gasteiger partial charge on any atom is 0.501 e. The molecule has 0 saturated heterocycles. The highest BCUT2D eigenvalue weighted by molar-refractivity contribution is 7.92. The van der Waals surface area contributed by atoms with Crippen molar-refractivity contribution in [1.29, 1.82) is 0 Å². The van der Waals surface area contributed by atoms with E-state index < -0.39 is 62.0 Å². The maximum absolute atomic E-state index is 14.7. The van der Waals surface area contributed by atoms with E-state index in [0.717, 1.165) is 12.1 Å². The lowest BCUT2D eigenvalue weighted by Gasteiger charge is -2.36. The second-order valence-corrected chi connectivity index (χ2v) is 9.37. The molecule has 0 amide bonds. The molecule has 2 radical (unpaired) electrons. The van der Waals surface area contributed by atoms with Gasteiger partial charge in [-0.25, -0.2) is 21.6 Å². The summed E-state index contributed by atoms with van der Waals surface area (Å²) >= 11 is 0. The first-order valence-corrected chi connectivity index (χ1v) is 10.6. The first kappa shape index (κ1) is 22.0. The molecule has 0 unspecified atom stereocenters. The number of aliphatic hydroxyl groups is 1. The number of aliphatic hydroxyl groups excluding tert-OH is 1. The molecule has 4 nitrogen and oxygen atoms in total. The highest BCUT2D eigenvalue weighted by atomic mass is 32.2. The Balaban J connectivity index is 1.96. The molecular weight excluding hydrogens is 447 g/mol. The van der Waals surface area contributed by atoms with Crippen LogP contribution in [0, 0.1) is 11.6 Å². The van der Waals surface area contributed by atoms with Gasteiger partial charge in [-0.05, 0) is 41.6 Å². The minimum absolute atomic E-state index is 0.0222. The van der Waals surface area contributed by atoms with Crippen molar-refractivity contribution in [3.05, 3.63) is 52.6 Å². The molecule has 1 heterocycles. The molecule has 0 spiro atoms. The topological polar surface area (TPSA) is 57.6 Å². The third kappa shape index (κ3) is 3.31. The van der Waals surface area contributed by atoms with Gasteiger partial charge in [0, 0.05) is 30.3 Å². The highest BCUT2D eigenvalue weighted by Crippen LogP contribution is 2.48. The molecule has 1 aliphatic carbocycles. The summed E-state index contributed by atoms with van der Waals surface area (Å²) in [5.74, 6) is -2.57. The van der Waals surface area contributed by atoms with Crippen molar-refractivity contribution < 1.29 is 39.9 Å². The summed E-state index contributed by atoms with van der Waals surface area (Å²) in [5.41, 5.74) is -6.55. The third-order valence-corrected chi connectivity index (χ3v) is 7.15. The Labute approximate surface area is 174 Å². The van der Waals surface area contributed by atoms with E-state index in [0.29, 0.717) is 12.1 Å². The Hall–Kier alpha value is -2.21. The van der Waals surface area contributed by atoms with Gasteiger partial charge in [0.1, 0.15) is 23.9 Å². The van der Waals surface area contributed by atoms with Crippen molar-refractivity contribution in [2.75, 3.05) is 11.4 Å². The van der Waals surface area contributed by atoms with Gasteiger partial charge in [0.05, 0.1) is 18.4 Å². The van der Waals surface area contributed by atoms with Crippen molar-refractivity contribution in [1.82, 2.24) is 0 Å². The van der Waals surface area contributed by atoms with Crippen LogP contribution < -0.4 is 4.90 Å². The standard InChI is InChI=1S/C19H14BF6NO3S/c20-11-3-4-27(17-9(11)5-8(21)6-12(17)22)14-1-2-15(31(29,30)19(24,25)26)16-10(14)7-13(23)18(16)28/h1-2,5-6,11,13,18,28H,3-4,7H2/t11-,13-,18-/m1/s1. The van der Waals surface area contributed by atoms with Gasteiger partial charge in [0.25, 0.3) is 9.84 Å². The lowest BCUT2D eigenvalue weighted by molar-refractivity contribution is -0.0437. The lowest BCUT2D eigenvalue weighted by atomic mass is 9.75. The van der Waals surface area contributed by atoms with Crippen LogP contribution >= 0.6 is 0 Å². The second kappa shape index (κ2) is 7.16. The van der Waals surface area contributed by atoms with E-state index in [1.54, 1.807) is 0 Å². The first-order valence-electron chi connectivity index (χ1n) is 9.16. The van der Waals surface area contributed by atoms with E-state index >= 15 is 0 Å². The molecule has 4 rings (SSSR count). The van der Waals surface area contributed by atoms with Gasteiger partial charge in [-0.1, -0.05) is 0 Å². The Morgan fingerprint density at radius 2 is 1.84 bits per heavy atom. The predicted octanol–water partition coefficient (Wildman–Crippen LogP) is 3.94. The van der Waals surface area contributed by atoms with Crippen LogP contribution in [0.25, 0.3) is 0 Å². The zero-order valence-corrected chi connectivity index (χ0v) is 16.4. The van der Waals surface area contributed by atoms with Crippen LogP contribution in [0.3, 0.4) is 0 Å². The van der Waals surface area contributed by atoms with Crippen molar-refractivity contribution in [3.63, 3.8) is 0 Å². The Kier molecular flexibility index (Phi) is 5.08. The smallest absolute Gasteiger partial charge is 0.385 e. The zero-order chi connectivity index (χ0) is 22.9. The summed E-state index contributed by atoms with van der Waals surface area (Å²) in [4.78, 5) is 0.0426. The van der Waals surface area contributed by atoms with E-state index in [1.807, 2.05) is 0 Å². The Morgan fingerprint density at radius 1 is 1.16 bits per heavy atom. The molecule has 31 heavy (non-hydrogen) atoms. The van der Waals surface area contributed by atoms with Crippen LogP contribution in [0.15, 0.2) is 29.2 Å². The number of hydrogen-bond donors (Lipinski definition) is 1. The van der Waals surface area contributed by atoms with Gasteiger partial charge in [0.15, 0.2) is 0 Å². The predicted molar refractivity (Wildman–Crippen MR) is 99.7 cm³/mol. The van der Waals surface area contributed by atoms with Gasteiger partial charge in [0.2, 0.25) is 0 Å². The Bertz CT molecular complexity index is 1170. The normalized spacial score (nSPS) is 23.6. The lowest BCUT2D eigenvalue weighted by Crippen LogP contribution is -2.30. The quantitative estimate of drug-likeness (QED) is 0.544. The SMILES string of the molecule is [B][C@@H]1CCN(c2ccc(S(=O)(=O)C(F)(F)F)c3c2C[C@@H](F)[C@H]3O)c2c(F)cc(F)cc21. The summed E-state index contributed by atoms with van der Waals surface area (Å²) in [6.45, 7) is 0.0571. The van der Waals surface area contributed by atoms with E-state index in [4.69, 9.17) is 7.85 Å². The molecule has 1 aliphatic heterocycles. The number of fused-ring (bicyclic) bond motifs is 2. The third-order valence-electron chi connectivity index (χ3n) is 5.61. The molecule has 164 valence electrons. The first-order chi connectivity index (χ1) is 14.3. The van der Waals surface area contributed by atoms with Crippen LogP contribution in [0.5, 0.6) is 0 Å². The molecule has 2 aromatic rings. The number of rotatable bonds is 2. The molecule has 1 N–H and O–H groups in total. The number of nitrogens with zero attached hydrogens (tertiary/aromatic N) is 1. The van der Waals surface area contributed by atoms with Crippen LogP contribution in [-0.2, 0) is 16.3 Å². The highest BCUT2D eigenvalue weighted by Gasteiger charge is 2.51. The molecule has 0 aromatic heterocycles. The van der Waals surface area contributed by atoms with Crippen LogP contribution in [0.2, 0.25) is 0 Å². The van der Waals surface area contributed by atoms with E-state index in [9.17, 15) is 39.9 Å². The van der Waals surface area contributed by atoms with Crippen molar-refractivity contribution in [3.8, 4) is 0 Å². The van der Waals surface area contributed by atoms with Gasteiger partial charge in [-0.15, -0.1) is 0 Å². The van der Waals surface area contributed by atoms with Gasteiger partial charge >= 0.3 is 5.51 Å². The molecule has 2 aromatic carbocycles. The van der Waals surface area contributed by atoms with Crippen LogP contribution in [-0.4, -0.2) is 39.6 Å². The minimum atomic E-state index is -5.88. The molecule has 3 atom stereocenters. The largest absolute Gasteiger partial charge is 0.501 e. The average Bonchev–Trinajstić information content (AvgIpc) is 2.96. The fourth-order valence-electron chi connectivity index (χ4n) is 4.20. The second-order valence-electron chi connectivity index (χ2n) is 7.46. The number of sulfone groups is 1. The van der Waals surface area contributed by atoms with Gasteiger partial charge in [-0.3, -0.25) is 0 Å². The summed E-state index contributed by atoms with van der Waals surface area (Å²) < 4.78 is 106. The monoisotopic (exact) mass is 461 g/mol. The van der Waals surface area contributed by atoms with Crippen molar-refractivity contribution in [2.45, 2.75) is 41.3 Å². The molecule has 0 bridgehead atoms. The number of anilines is 2. The van der Waals surface area contributed by atoms with Gasteiger partial charge in [-0.2, -0.15) is 13.2 Å². The number of benzene rings is 2. The van der Waals surface area contributed by atoms with Crippen LogP contribution in [0.1, 0.15) is 35.0 Å². The number of hydrogen-bond acceptors (Lipinski definition) is 4. The zero-order valence-electron chi connectivity index (χ0n) is 15.6. The maximum atomic E-state index is 14.7. The molecule has 0 saturated carbocycles. The van der Waals surface area contributed by atoms with Gasteiger partial charge < -0.3 is 10.0 Å². The summed E-state index contributed by atoms with van der Waals surface area (Å²) in [6.07, 6.45) is -4.52. The summed E-state index contributed by atoms with van der Waals surface area (Å²) in [5, 5.41) is 10.1. The molecule has 12 heteroatoms. The average molecular weight is 461 g/mol. The van der Waals surface area contributed by atoms with E-state index in [2.05, 4.69) is 0 Å². The minimum Gasteiger partial charge on any atom is -0.385 e. The summed E-state index contributed by atoms with van der Waals surface area (Å²) in [7, 11) is 0.0687. The molecule has 2 aliphatic rings. The van der Waals surface area contributed by atoms with Crippen molar-refractivity contribution >= 4 is 29.1 Å². The fraction of sp³-hybridized carbons (Fsp3) is 0.368. The molecular formula is C19H14BF6NO3S. The number of alkyl halides is 4. The Morgan fingerprint density at radius 3 is 2.48 bits per heavy atom. The summed E-state index contributed by atoms with van der Waals surface area (Å²) in [6, 6.07) is 3.27. The van der Waals surface area contributed by atoms with E-state index in [-0.39, 0.29) is 35.5 Å². The molecule has 0 fully saturated rings.